The molecular weight excluding hydrogens is 330 g/mol. The Labute approximate surface area is 150 Å². The van der Waals surface area contributed by atoms with Gasteiger partial charge in [0, 0.05) is 36.3 Å². The highest BCUT2D eigenvalue weighted by molar-refractivity contribution is 5.85. The van der Waals surface area contributed by atoms with Crippen LogP contribution >= 0.6 is 0 Å². The van der Waals surface area contributed by atoms with Crippen molar-refractivity contribution in [3.8, 4) is 0 Å². The molecule has 6 nitrogen and oxygen atoms in total. The number of hydrogen-bond acceptors (Lipinski definition) is 3. The zero-order valence-electron chi connectivity index (χ0n) is 14.5. The van der Waals surface area contributed by atoms with Gasteiger partial charge in [0.25, 0.3) is 5.69 Å². The summed E-state index contributed by atoms with van der Waals surface area (Å²) in [6.07, 6.45) is 3.75. The van der Waals surface area contributed by atoms with Gasteiger partial charge in [0.05, 0.1) is 11.0 Å². The van der Waals surface area contributed by atoms with E-state index in [1.807, 2.05) is 34.8 Å². The van der Waals surface area contributed by atoms with Crippen molar-refractivity contribution < 1.29 is 9.72 Å². The first-order chi connectivity index (χ1) is 12.5. The molecule has 1 aromatic heterocycles. The van der Waals surface area contributed by atoms with E-state index in [0.717, 1.165) is 23.7 Å². The Bertz CT molecular complexity index is 1010. The molecule has 2 aromatic carbocycles. The zero-order chi connectivity index (χ0) is 18.3. The Kier molecular flexibility index (Phi) is 3.95. The van der Waals surface area contributed by atoms with Crippen LogP contribution in [-0.4, -0.2) is 27.3 Å². The standard InChI is InChI=1S/C20H19N3O3/c1-21(19-8-6-14-4-2-3-5-17(14)19)20(24)13-22-11-10-15-12-16(23(25)26)7-9-18(15)22/h2-5,7,9-12,19H,6,8,13H2,1H3/t19-/m0/s1. The summed E-state index contributed by atoms with van der Waals surface area (Å²) in [6.45, 7) is 0.219. The Morgan fingerprint density at radius 3 is 2.88 bits per heavy atom. The molecular formula is C20H19N3O3. The predicted octanol–water partition coefficient (Wildman–Crippen LogP) is 3.70. The molecule has 0 unspecified atom stereocenters. The second kappa shape index (κ2) is 6.29. The quantitative estimate of drug-likeness (QED) is 0.533. The largest absolute Gasteiger partial charge is 0.338 e. The molecule has 0 spiro atoms. The van der Waals surface area contributed by atoms with Gasteiger partial charge < -0.3 is 9.47 Å². The van der Waals surface area contributed by atoms with Crippen LogP contribution in [0.4, 0.5) is 5.69 Å². The minimum Gasteiger partial charge on any atom is -0.338 e. The molecule has 0 saturated heterocycles. The second-order valence-electron chi connectivity index (χ2n) is 6.70. The number of non-ortho nitro benzene ring substituents is 1. The first-order valence-electron chi connectivity index (χ1n) is 8.61. The molecule has 0 fully saturated rings. The van der Waals surface area contributed by atoms with Gasteiger partial charge in [-0.15, -0.1) is 0 Å². The Morgan fingerprint density at radius 2 is 2.08 bits per heavy atom. The van der Waals surface area contributed by atoms with Crippen molar-refractivity contribution in [2.45, 2.75) is 25.4 Å². The van der Waals surface area contributed by atoms with Gasteiger partial charge in [-0.2, -0.15) is 0 Å². The second-order valence-corrected chi connectivity index (χ2v) is 6.70. The molecule has 6 heteroatoms. The molecule has 26 heavy (non-hydrogen) atoms. The number of benzene rings is 2. The summed E-state index contributed by atoms with van der Waals surface area (Å²) in [7, 11) is 1.85. The highest BCUT2D eigenvalue weighted by Crippen LogP contribution is 2.35. The van der Waals surface area contributed by atoms with Crippen LogP contribution in [-0.2, 0) is 17.8 Å². The van der Waals surface area contributed by atoms with E-state index in [-0.39, 0.29) is 24.2 Å². The lowest BCUT2D eigenvalue weighted by molar-refractivity contribution is -0.384. The van der Waals surface area contributed by atoms with Gasteiger partial charge in [0.2, 0.25) is 5.91 Å². The van der Waals surface area contributed by atoms with Gasteiger partial charge in [-0.1, -0.05) is 24.3 Å². The van der Waals surface area contributed by atoms with Crippen LogP contribution in [0, 0.1) is 10.1 Å². The maximum absolute atomic E-state index is 12.8. The molecule has 132 valence electrons. The Balaban J connectivity index is 1.55. The van der Waals surface area contributed by atoms with E-state index in [2.05, 4.69) is 12.1 Å². The number of aromatic nitrogens is 1. The maximum Gasteiger partial charge on any atom is 0.270 e. The SMILES string of the molecule is CN(C(=O)Cn1ccc2cc([N+](=O)[O-])ccc21)[C@H]1CCc2ccccc21. The third-order valence-corrected chi connectivity index (χ3v) is 5.23. The lowest BCUT2D eigenvalue weighted by Crippen LogP contribution is -2.32. The van der Waals surface area contributed by atoms with Crippen molar-refractivity contribution in [1.29, 1.82) is 0 Å². The smallest absolute Gasteiger partial charge is 0.270 e. The van der Waals surface area contributed by atoms with Gasteiger partial charge in [-0.3, -0.25) is 14.9 Å². The summed E-state index contributed by atoms with van der Waals surface area (Å²) in [6, 6.07) is 14.9. The predicted molar refractivity (Wildman–Crippen MR) is 98.9 cm³/mol. The number of nitrogens with zero attached hydrogens (tertiary/aromatic N) is 3. The number of carbonyl (C=O) groups is 1. The zero-order valence-corrected chi connectivity index (χ0v) is 14.5. The van der Waals surface area contributed by atoms with Crippen molar-refractivity contribution in [1.82, 2.24) is 9.47 Å². The number of likely N-dealkylation sites (N-methyl/N-ethyl adjacent to an activating group) is 1. The highest BCUT2D eigenvalue weighted by atomic mass is 16.6. The molecule has 4 rings (SSSR count). The van der Waals surface area contributed by atoms with Crippen LogP contribution in [0.25, 0.3) is 10.9 Å². The molecule has 1 atom stereocenters. The van der Waals surface area contributed by atoms with Crippen molar-refractivity contribution in [2.75, 3.05) is 7.05 Å². The lowest BCUT2D eigenvalue weighted by atomic mass is 10.1. The van der Waals surface area contributed by atoms with E-state index in [0.29, 0.717) is 0 Å². The summed E-state index contributed by atoms with van der Waals surface area (Å²) < 4.78 is 1.85. The Morgan fingerprint density at radius 1 is 1.27 bits per heavy atom. The third kappa shape index (κ3) is 2.73. The van der Waals surface area contributed by atoms with E-state index in [1.165, 1.54) is 23.3 Å². The molecule has 0 saturated carbocycles. The lowest BCUT2D eigenvalue weighted by Gasteiger charge is -2.26. The molecule has 0 bridgehead atoms. The number of nitro benzene ring substituents is 1. The summed E-state index contributed by atoms with van der Waals surface area (Å²) in [4.78, 5) is 25.1. The van der Waals surface area contributed by atoms with Crippen molar-refractivity contribution >= 4 is 22.5 Å². The monoisotopic (exact) mass is 349 g/mol. The molecule has 0 N–H and O–H groups in total. The summed E-state index contributed by atoms with van der Waals surface area (Å²) >= 11 is 0. The van der Waals surface area contributed by atoms with E-state index >= 15 is 0 Å². The van der Waals surface area contributed by atoms with Crippen molar-refractivity contribution in [2.24, 2.45) is 0 Å². The number of aryl methyl sites for hydroxylation is 1. The topological polar surface area (TPSA) is 68.4 Å². The van der Waals surface area contributed by atoms with E-state index in [1.54, 1.807) is 12.1 Å². The number of nitro groups is 1. The van der Waals surface area contributed by atoms with Crippen LogP contribution in [0.15, 0.2) is 54.7 Å². The van der Waals surface area contributed by atoms with Crippen LogP contribution in [0.3, 0.4) is 0 Å². The van der Waals surface area contributed by atoms with E-state index < -0.39 is 4.92 Å². The minimum absolute atomic E-state index is 0.0301. The van der Waals surface area contributed by atoms with Gasteiger partial charge in [-0.25, -0.2) is 0 Å². The molecule has 1 aliphatic carbocycles. The fourth-order valence-corrected chi connectivity index (χ4v) is 3.81. The molecule has 1 amide bonds. The van der Waals surface area contributed by atoms with Gasteiger partial charge >= 0.3 is 0 Å². The summed E-state index contributed by atoms with van der Waals surface area (Å²) in [5.41, 5.74) is 3.43. The molecule has 1 heterocycles. The van der Waals surface area contributed by atoms with Crippen LogP contribution in [0.2, 0.25) is 0 Å². The number of carbonyl (C=O) groups excluding carboxylic acids is 1. The minimum atomic E-state index is -0.409. The van der Waals surface area contributed by atoms with Crippen LogP contribution < -0.4 is 0 Å². The normalized spacial score (nSPS) is 15.8. The third-order valence-electron chi connectivity index (χ3n) is 5.23. The number of amides is 1. The highest BCUT2D eigenvalue weighted by Gasteiger charge is 2.28. The summed E-state index contributed by atoms with van der Waals surface area (Å²) in [5, 5.41) is 11.7. The van der Waals surface area contributed by atoms with E-state index in [9.17, 15) is 14.9 Å². The molecule has 0 radical (unpaired) electrons. The van der Waals surface area contributed by atoms with Crippen LogP contribution in [0.1, 0.15) is 23.6 Å². The Hall–Kier alpha value is -3.15. The maximum atomic E-state index is 12.8. The fraction of sp³-hybridized carbons (Fsp3) is 0.250. The summed E-state index contributed by atoms with van der Waals surface area (Å²) in [5.74, 6) is 0.0301. The first kappa shape index (κ1) is 16.3. The average molecular weight is 349 g/mol. The van der Waals surface area contributed by atoms with Crippen LogP contribution in [0.5, 0.6) is 0 Å². The number of fused-ring (bicyclic) bond motifs is 2. The van der Waals surface area contributed by atoms with Crippen molar-refractivity contribution in [3.05, 3.63) is 76.0 Å². The van der Waals surface area contributed by atoms with Gasteiger partial charge in [0.15, 0.2) is 0 Å². The van der Waals surface area contributed by atoms with E-state index in [4.69, 9.17) is 0 Å². The number of rotatable bonds is 4. The van der Waals surface area contributed by atoms with Crippen molar-refractivity contribution in [3.63, 3.8) is 0 Å². The van der Waals surface area contributed by atoms with Gasteiger partial charge in [-0.05, 0) is 36.1 Å². The molecule has 3 aromatic rings. The van der Waals surface area contributed by atoms with Gasteiger partial charge in [0.1, 0.15) is 6.54 Å². The molecule has 1 aliphatic rings. The first-order valence-corrected chi connectivity index (χ1v) is 8.61. The fourth-order valence-electron chi connectivity index (χ4n) is 3.81. The average Bonchev–Trinajstić information content (AvgIpc) is 3.25. The number of hydrogen-bond donors (Lipinski definition) is 0. The molecule has 0 aliphatic heterocycles.